The van der Waals surface area contributed by atoms with Crippen molar-refractivity contribution in [3.05, 3.63) is 20.8 Å². The average Bonchev–Trinajstić information content (AvgIpc) is 2.83. The minimum Gasteiger partial charge on any atom is -0.340 e. The van der Waals surface area contributed by atoms with Gasteiger partial charge in [-0.15, -0.1) is 11.3 Å². The summed E-state index contributed by atoms with van der Waals surface area (Å²) >= 11 is 4.87. The Morgan fingerprint density at radius 1 is 1.50 bits per heavy atom. The lowest BCUT2D eigenvalue weighted by atomic mass is 10.3. The summed E-state index contributed by atoms with van der Waals surface area (Å²) in [5.74, 6) is 0.112. The molecule has 0 radical (unpaired) electrons. The number of halogens is 1. The molecular weight excluding hydrogens is 314 g/mol. The van der Waals surface area contributed by atoms with E-state index in [1.807, 2.05) is 19.2 Å². The normalized spacial score (nSPS) is 16.8. The molecule has 1 aromatic rings. The van der Waals surface area contributed by atoms with Crippen LogP contribution in [0.3, 0.4) is 0 Å². The number of hydrogen-bond donors (Lipinski definition) is 1. The van der Waals surface area contributed by atoms with Gasteiger partial charge in [-0.1, -0.05) is 0 Å². The summed E-state index contributed by atoms with van der Waals surface area (Å²) in [6.07, 6.45) is 0. The Kier molecular flexibility index (Phi) is 5.17. The minimum atomic E-state index is 0.112. The Morgan fingerprint density at radius 3 is 2.83 bits per heavy atom. The van der Waals surface area contributed by atoms with Crippen LogP contribution in [0.25, 0.3) is 0 Å². The van der Waals surface area contributed by atoms with Gasteiger partial charge < -0.3 is 10.2 Å². The zero-order chi connectivity index (χ0) is 13.0. The van der Waals surface area contributed by atoms with Gasteiger partial charge in [0.05, 0.1) is 8.66 Å². The van der Waals surface area contributed by atoms with Crippen molar-refractivity contribution in [1.29, 1.82) is 0 Å². The lowest BCUT2D eigenvalue weighted by molar-refractivity contribution is 0.0779. The summed E-state index contributed by atoms with van der Waals surface area (Å²) in [5, 5.41) is 3.33. The van der Waals surface area contributed by atoms with Crippen LogP contribution in [-0.4, -0.2) is 62.0 Å². The summed E-state index contributed by atoms with van der Waals surface area (Å²) in [7, 11) is 1.87. The highest BCUT2D eigenvalue weighted by molar-refractivity contribution is 9.11. The Balaban J connectivity index is 1.80. The fourth-order valence-corrected chi connectivity index (χ4v) is 3.33. The van der Waals surface area contributed by atoms with Crippen molar-refractivity contribution in [2.75, 3.05) is 46.3 Å². The summed E-state index contributed by atoms with van der Waals surface area (Å²) in [6, 6.07) is 3.79. The van der Waals surface area contributed by atoms with E-state index in [-0.39, 0.29) is 5.91 Å². The molecule has 6 heteroatoms. The summed E-state index contributed by atoms with van der Waals surface area (Å²) in [5.41, 5.74) is 0. The molecule has 0 spiro atoms. The van der Waals surface area contributed by atoms with Crippen LogP contribution in [0.4, 0.5) is 0 Å². The molecule has 4 nitrogen and oxygen atoms in total. The van der Waals surface area contributed by atoms with E-state index in [1.54, 1.807) is 4.90 Å². The van der Waals surface area contributed by atoms with E-state index in [2.05, 4.69) is 26.1 Å². The first-order valence-corrected chi connectivity index (χ1v) is 7.71. The molecule has 1 aliphatic heterocycles. The van der Waals surface area contributed by atoms with Crippen LogP contribution in [-0.2, 0) is 0 Å². The number of amides is 1. The second-order valence-corrected chi connectivity index (χ2v) is 6.89. The van der Waals surface area contributed by atoms with Gasteiger partial charge in [0, 0.05) is 46.3 Å². The van der Waals surface area contributed by atoms with E-state index in [1.165, 1.54) is 11.3 Å². The zero-order valence-corrected chi connectivity index (χ0v) is 12.9. The van der Waals surface area contributed by atoms with Crippen molar-refractivity contribution in [1.82, 2.24) is 15.1 Å². The van der Waals surface area contributed by atoms with Crippen molar-refractivity contribution >= 4 is 33.2 Å². The van der Waals surface area contributed by atoms with Crippen molar-refractivity contribution in [2.45, 2.75) is 0 Å². The van der Waals surface area contributed by atoms with Gasteiger partial charge in [0.2, 0.25) is 0 Å². The monoisotopic (exact) mass is 331 g/mol. The fraction of sp³-hybridized carbons (Fsp3) is 0.583. The number of nitrogens with one attached hydrogen (secondary N) is 1. The number of likely N-dealkylation sites (N-methyl/N-ethyl adjacent to an activating group) is 1. The molecule has 2 rings (SSSR count). The molecule has 1 aliphatic rings. The number of nitrogens with zero attached hydrogens (tertiary/aromatic N) is 2. The summed E-state index contributed by atoms with van der Waals surface area (Å²) in [6.45, 7) is 6.00. The highest BCUT2D eigenvalue weighted by atomic mass is 79.9. The van der Waals surface area contributed by atoms with Gasteiger partial charge in [-0.25, -0.2) is 0 Å². The van der Waals surface area contributed by atoms with Gasteiger partial charge in [0.25, 0.3) is 5.91 Å². The first-order valence-electron chi connectivity index (χ1n) is 6.10. The molecule has 0 aliphatic carbocycles. The van der Waals surface area contributed by atoms with Gasteiger partial charge in [-0.3, -0.25) is 9.69 Å². The van der Waals surface area contributed by atoms with Crippen LogP contribution >= 0.6 is 27.3 Å². The molecule has 0 atom stereocenters. The van der Waals surface area contributed by atoms with Crippen LogP contribution < -0.4 is 5.32 Å². The third-order valence-electron chi connectivity index (χ3n) is 3.09. The predicted molar refractivity (Wildman–Crippen MR) is 78.3 cm³/mol. The van der Waals surface area contributed by atoms with Crippen molar-refractivity contribution in [3.63, 3.8) is 0 Å². The minimum absolute atomic E-state index is 0.112. The SMILES string of the molecule is CN(CCN1CCNCC1)C(=O)c1ccc(Br)s1. The van der Waals surface area contributed by atoms with Gasteiger partial charge >= 0.3 is 0 Å². The van der Waals surface area contributed by atoms with Gasteiger partial charge in [-0.05, 0) is 28.1 Å². The second kappa shape index (κ2) is 6.65. The summed E-state index contributed by atoms with van der Waals surface area (Å²) in [4.78, 5) is 17.1. The van der Waals surface area contributed by atoms with Gasteiger partial charge in [-0.2, -0.15) is 0 Å². The smallest absolute Gasteiger partial charge is 0.263 e. The second-order valence-electron chi connectivity index (χ2n) is 4.42. The van der Waals surface area contributed by atoms with Gasteiger partial charge in [0.1, 0.15) is 0 Å². The summed E-state index contributed by atoms with van der Waals surface area (Å²) < 4.78 is 1.00. The maximum absolute atomic E-state index is 12.1. The van der Waals surface area contributed by atoms with Crippen LogP contribution in [0.1, 0.15) is 9.67 Å². The number of rotatable bonds is 4. The molecule has 18 heavy (non-hydrogen) atoms. The molecule has 0 aromatic carbocycles. The lowest BCUT2D eigenvalue weighted by Crippen LogP contribution is -2.46. The Hall–Kier alpha value is -0.430. The van der Waals surface area contributed by atoms with Crippen LogP contribution in [0, 0.1) is 0 Å². The quantitative estimate of drug-likeness (QED) is 0.907. The Morgan fingerprint density at radius 2 is 2.22 bits per heavy atom. The zero-order valence-electron chi connectivity index (χ0n) is 10.5. The molecule has 100 valence electrons. The van der Waals surface area contributed by atoms with E-state index in [9.17, 15) is 4.79 Å². The lowest BCUT2D eigenvalue weighted by Gasteiger charge is -2.29. The molecule has 0 saturated carbocycles. The topological polar surface area (TPSA) is 35.6 Å². The molecule has 1 fully saturated rings. The molecular formula is C12H18BrN3OS. The first kappa shape index (κ1) is 14.0. The highest BCUT2D eigenvalue weighted by Crippen LogP contribution is 2.22. The number of piperazine rings is 1. The third-order valence-corrected chi connectivity index (χ3v) is 4.70. The molecule has 1 saturated heterocycles. The Bertz CT molecular complexity index is 404. The molecule has 2 heterocycles. The highest BCUT2D eigenvalue weighted by Gasteiger charge is 2.15. The van der Waals surface area contributed by atoms with E-state index < -0.39 is 0 Å². The average molecular weight is 332 g/mol. The number of thiophene rings is 1. The molecule has 1 N–H and O–H groups in total. The first-order chi connectivity index (χ1) is 8.66. The third kappa shape index (κ3) is 3.78. The maximum Gasteiger partial charge on any atom is 0.263 e. The number of carbonyl (C=O) groups excluding carboxylic acids is 1. The van der Waals surface area contributed by atoms with E-state index in [0.29, 0.717) is 0 Å². The van der Waals surface area contributed by atoms with Crippen LogP contribution in [0.5, 0.6) is 0 Å². The van der Waals surface area contributed by atoms with Crippen LogP contribution in [0.2, 0.25) is 0 Å². The Labute approximate surface area is 120 Å². The molecule has 0 bridgehead atoms. The van der Waals surface area contributed by atoms with E-state index in [4.69, 9.17) is 0 Å². The van der Waals surface area contributed by atoms with Gasteiger partial charge in [0.15, 0.2) is 0 Å². The molecule has 0 unspecified atom stereocenters. The maximum atomic E-state index is 12.1. The fourth-order valence-electron chi connectivity index (χ4n) is 1.95. The van der Waals surface area contributed by atoms with Crippen molar-refractivity contribution in [3.8, 4) is 0 Å². The van der Waals surface area contributed by atoms with E-state index in [0.717, 1.165) is 47.9 Å². The van der Waals surface area contributed by atoms with Crippen molar-refractivity contribution < 1.29 is 4.79 Å². The largest absolute Gasteiger partial charge is 0.340 e. The standard InChI is InChI=1S/C12H18BrN3OS/c1-15(8-9-16-6-4-14-5-7-16)12(17)10-2-3-11(13)18-10/h2-3,14H,4-9H2,1H3. The van der Waals surface area contributed by atoms with Crippen molar-refractivity contribution in [2.24, 2.45) is 0 Å². The van der Waals surface area contributed by atoms with E-state index >= 15 is 0 Å². The van der Waals surface area contributed by atoms with Crippen LogP contribution in [0.15, 0.2) is 15.9 Å². The molecule has 1 amide bonds. The number of carbonyl (C=O) groups is 1. The predicted octanol–water partition coefficient (Wildman–Crippen LogP) is 1.49. The number of hydrogen-bond acceptors (Lipinski definition) is 4. The molecule has 1 aromatic heterocycles.